The highest BCUT2D eigenvalue weighted by molar-refractivity contribution is 6.31. The van der Waals surface area contributed by atoms with Crippen LogP contribution in [0.3, 0.4) is 0 Å². The van der Waals surface area contributed by atoms with Crippen LogP contribution in [-0.4, -0.2) is 26.0 Å². The Morgan fingerprint density at radius 2 is 2.20 bits per heavy atom. The van der Waals surface area contributed by atoms with E-state index in [1.54, 1.807) is 0 Å². The van der Waals surface area contributed by atoms with Crippen LogP contribution in [-0.2, 0) is 0 Å². The number of carboxylic acid groups (broad SMARTS) is 1. The molecule has 1 aromatic carbocycles. The lowest BCUT2D eigenvalue weighted by atomic mass is 10.1. The number of halogens is 1. The van der Waals surface area contributed by atoms with Gasteiger partial charge in [-0.05, 0) is 6.07 Å². The van der Waals surface area contributed by atoms with Crippen LogP contribution in [0.15, 0.2) is 30.7 Å². The maximum absolute atomic E-state index is 11.2. The van der Waals surface area contributed by atoms with Crippen LogP contribution < -0.4 is 4.74 Å². The molecule has 1 heterocycles. The number of aromatic carboxylic acids is 1. The summed E-state index contributed by atoms with van der Waals surface area (Å²) in [4.78, 5) is 28.6. The van der Waals surface area contributed by atoms with Crippen LogP contribution in [0.5, 0.6) is 11.6 Å². The Bertz CT molecular complexity index is 692. The van der Waals surface area contributed by atoms with E-state index in [4.69, 9.17) is 21.4 Å². The Labute approximate surface area is 116 Å². The van der Waals surface area contributed by atoms with Crippen molar-refractivity contribution in [2.45, 2.75) is 0 Å². The van der Waals surface area contributed by atoms with Gasteiger partial charge in [-0.15, -0.1) is 0 Å². The van der Waals surface area contributed by atoms with Gasteiger partial charge in [0.05, 0.1) is 11.1 Å². The third kappa shape index (κ3) is 2.64. The van der Waals surface area contributed by atoms with E-state index in [1.165, 1.54) is 18.3 Å². The number of benzene rings is 1. The molecule has 1 N–H and O–H groups in total. The molecule has 0 bridgehead atoms. The molecule has 0 aliphatic heterocycles. The first-order chi connectivity index (χ1) is 9.50. The Kier molecular flexibility index (Phi) is 3.76. The summed E-state index contributed by atoms with van der Waals surface area (Å²) >= 11 is 5.78. The van der Waals surface area contributed by atoms with E-state index in [0.717, 1.165) is 12.4 Å². The number of nitro benzene ring substituents is 1. The molecule has 8 nitrogen and oxygen atoms in total. The van der Waals surface area contributed by atoms with Crippen molar-refractivity contribution < 1.29 is 19.6 Å². The van der Waals surface area contributed by atoms with E-state index in [9.17, 15) is 14.9 Å². The number of nitrogens with zero attached hydrogens (tertiary/aromatic N) is 3. The summed E-state index contributed by atoms with van der Waals surface area (Å²) < 4.78 is 5.22. The van der Waals surface area contributed by atoms with Gasteiger partial charge in [0.15, 0.2) is 11.3 Å². The first kappa shape index (κ1) is 13.7. The van der Waals surface area contributed by atoms with Crippen LogP contribution >= 0.6 is 11.6 Å². The van der Waals surface area contributed by atoms with Crippen LogP contribution in [0.1, 0.15) is 10.4 Å². The van der Waals surface area contributed by atoms with Crippen molar-refractivity contribution in [3.05, 3.63) is 51.4 Å². The average molecular weight is 296 g/mol. The van der Waals surface area contributed by atoms with E-state index in [0.29, 0.717) is 0 Å². The smallest absolute Gasteiger partial charge is 0.346 e. The fourth-order valence-corrected chi connectivity index (χ4v) is 1.60. The second-order valence-electron chi connectivity index (χ2n) is 3.49. The molecule has 0 aliphatic carbocycles. The van der Waals surface area contributed by atoms with E-state index < -0.39 is 22.1 Å². The molecule has 0 spiro atoms. The summed E-state index contributed by atoms with van der Waals surface area (Å²) in [5.41, 5.74) is -1.16. The van der Waals surface area contributed by atoms with Gasteiger partial charge >= 0.3 is 5.97 Å². The van der Waals surface area contributed by atoms with Crippen molar-refractivity contribution in [3.8, 4) is 11.6 Å². The number of aromatic nitrogens is 2. The number of hydrogen-bond donors (Lipinski definition) is 1. The first-order valence-corrected chi connectivity index (χ1v) is 5.52. The van der Waals surface area contributed by atoms with E-state index in [-0.39, 0.29) is 16.7 Å². The molecular weight excluding hydrogens is 290 g/mol. The summed E-state index contributed by atoms with van der Waals surface area (Å²) in [5.74, 6) is -1.81. The molecule has 1 aromatic heterocycles. The average Bonchev–Trinajstić information content (AvgIpc) is 2.40. The van der Waals surface area contributed by atoms with Crippen LogP contribution in [0, 0.1) is 10.1 Å². The highest BCUT2D eigenvalue weighted by Gasteiger charge is 2.25. The number of carbonyl (C=O) groups is 1. The molecule has 2 aromatic rings. The Balaban J connectivity index is 2.52. The lowest BCUT2D eigenvalue weighted by Crippen LogP contribution is -2.05. The standard InChI is InChI=1S/C11H6ClN3O5/c12-6-4-13-5-14-10(6)20-8-3-1-2-7(15(18)19)9(8)11(16)17/h1-5H,(H,16,17). The topological polar surface area (TPSA) is 115 Å². The molecule has 0 unspecified atom stereocenters. The van der Waals surface area contributed by atoms with Crippen molar-refractivity contribution >= 4 is 23.3 Å². The maximum Gasteiger partial charge on any atom is 0.346 e. The highest BCUT2D eigenvalue weighted by Crippen LogP contribution is 2.33. The molecular formula is C11H6ClN3O5. The van der Waals surface area contributed by atoms with Gasteiger partial charge in [-0.2, -0.15) is 0 Å². The normalized spacial score (nSPS) is 10.1. The van der Waals surface area contributed by atoms with Gasteiger partial charge in [0.1, 0.15) is 11.3 Å². The van der Waals surface area contributed by atoms with Crippen LogP contribution in [0.2, 0.25) is 5.02 Å². The Morgan fingerprint density at radius 1 is 1.45 bits per heavy atom. The number of nitro groups is 1. The predicted octanol–water partition coefficient (Wildman–Crippen LogP) is 2.53. The summed E-state index contributed by atoms with van der Waals surface area (Å²) in [5, 5.41) is 20.0. The summed E-state index contributed by atoms with van der Waals surface area (Å²) in [7, 11) is 0. The lowest BCUT2D eigenvalue weighted by molar-refractivity contribution is -0.385. The Morgan fingerprint density at radius 3 is 2.80 bits per heavy atom. The van der Waals surface area contributed by atoms with Crippen LogP contribution in [0.25, 0.3) is 0 Å². The molecule has 0 atom stereocenters. The number of ether oxygens (including phenoxy) is 1. The summed E-state index contributed by atoms with van der Waals surface area (Å²) in [6, 6.07) is 3.64. The van der Waals surface area contributed by atoms with E-state index in [1.807, 2.05) is 0 Å². The van der Waals surface area contributed by atoms with Gasteiger partial charge in [0.2, 0.25) is 5.88 Å². The lowest BCUT2D eigenvalue weighted by Gasteiger charge is -2.08. The molecule has 0 saturated carbocycles. The van der Waals surface area contributed by atoms with Crippen molar-refractivity contribution in [2.75, 3.05) is 0 Å². The molecule has 102 valence electrons. The zero-order valence-corrected chi connectivity index (χ0v) is 10.4. The van der Waals surface area contributed by atoms with E-state index >= 15 is 0 Å². The van der Waals surface area contributed by atoms with Gasteiger partial charge in [-0.3, -0.25) is 10.1 Å². The van der Waals surface area contributed by atoms with Crippen LogP contribution in [0.4, 0.5) is 5.69 Å². The molecule has 0 aliphatic rings. The largest absolute Gasteiger partial charge is 0.477 e. The third-order valence-electron chi connectivity index (χ3n) is 2.26. The number of hydrogen-bond acceptors (Lipinski definition) is 6. The molecule has 0 fully saturated rings. The van der Waals surface area contributed by atoms with Crippen molar-refractivity contribution in [3.63, 3.8) is 0 Å². The first-order valence-electron chi connectivity index (χ1n) is 5.14. The SMILES string of the molecule is O=C(O)c1c(Oc2ncncc2Cl)cccc1[N+](=O)[O-]. The van der Waals surface area contributed by atoms with Gasteiger partial charge in [-0.1, -0.05) is 17.7 Å². The quantitative estimate of drug-likeness (QED) is 0.680. The van der Waals surface area contributed by atoms with E-state index in [2.05, 4.69) is 9.97 Å². The molecule has 0 amide bonds. The minimum Gasteiger partial charge on any atom is -0.477 e. The summed E-state index contributed by atoms with van der Waals surface area (Å²) in [6.07, 6.45) is 2.40. The second-order valence-corrected chi connectivity index (χ2v) is 3.90. The number of rotatable bonds is 4. The monoisotopic (exact) mass is 295 g/mol. The molecule has 20 heavy (non-hydrogen) atoms. The minimum absolute atomic E-state index is 0.0512. The highest BCUT2D eigenvalue weighted by atomic mass is 35.5. The van der Waals surface area contributed by atoms with Crippen molar-refractivity contribution in [1.29, 1.82) is 0 Å². The Hall–Kier alpha value is -2.74. The zero-order chi connectivity index (χ0) is 14.7. The minimum atomic E-state index is -1.49. The fourth-order valence-electron chi connectivity index (χ4n) is 1.45. The number of carboxylic acids is 1. The van der Waals surface area contributed by atoms with Crippen molar-refractivity contribution in [2.24, 2.45) is 0 Å². The second kappa shape index (κ2) is 5.49. The molecule has 9 heteroatoms. The molecule has 0 radical (unpaired) electrons. The molecule has 0 saturated heterocycles. The molecule has 2 rings (SSSR count). The van der Waals surface area contributed by atoms with Gasteiger partial charge in [-0.25, -0.2) is 14.8 Å². The third-order valence-corrected chi connectivity index (χ3v) is 2.51. The maximum atomic E-state index is 11.2. The fraction of sp³-hybridized carbons (Fsp3) is 0. The summed E-state index contributed by atoms with van der Waals surface area (Å²) in [6.45, 7) is 0. The zero-order valence-electron chi connectivity index (χ0n) is 9.69. The van der Waals surface area contributed by atoms with Crippen molar-refractivity contribution in [1.82, 2.24) is 9.97 Å². The van der Waals surface area contributed by atoms with Gasteiger partial charge < -0.3 is 9.84 Å². The van der Waals surface area contributed by atoms with Gasteiger partial charge in [0, 0.05) is 6.07 Å². The van der Waals surface area contributed by atoms with Gasteiger partial charge in [0.25, 0.3) is 5.69 Å². The predicted molar refractivity (Wildman–Crippen MR) is 67.2 cm³/mol.